The molecule has 10 rings (SSSR count). The summed E-state index contributed by atoms with van der Waals surface area (Å²) in [7, 11) is 0. The third kappa shape index (κ3) is 5.01. The molecule has 258 valence electrons. The minimum absolute atomic E-state index is 0.0919. The van der Waals surface area contributed by atoms with E-state index in [9.17, 15) is 0 Å². The highest BCUT2D eigenvalue weighted by Crippen LogP contribution is 2.46. The maximum Gasteiger partial charge on any atom is 0.252 e. The first-order valence-electron chi connectivity index (χ1n) is 19.4. The van der Waals surface area contributed by atoms with Crippen LogP contribution in [0.3, 0.4) is 0 Å². The largest absolute Gasteiger partial charge is 0.458 e. The Kier molecular flexibility index (Phi) is 7.70. The summed E-state index contributed by atoms with van der Waals surface area (Å²) in [5.41, 5.74) is 13.8. The average molecular weight is 693 g/mol. The van der Waals surface area contributed by atoms with E-state index >= 15 is 0 Å². The van der Waals surface area contributed by atoms with Crippen molar-refractivity contribution in [2.45, 2.75) is 39.5 Å². The predicted molar refractivity (Wildman–Crippen MR) is 232 cm³/mol. The molecule has 0 aromatic heterocycles. The Balaban J connectivity index is 1.39. The summed E-state index contributed by atoms with van der Waals surface area (Å²) >= 11 is 0. The quantitative estimate of drug-likeness (QED) is 0.125. The van der Waals surface area contributed by atoms with Gasteiger partial charge in [-0.05, 0) is 113 Å². The molecule has 9 aromatic carbocycles. The molecule has 0 N–H and O–H groups in total. The summed E-state index contributed by atoms with van der Waals surface area (Å²) < 4.78 is 7.24. The molecule has 2 heteroatoms. The number of para-hydroxylation sites is 1. The van der Waals surface area contributed by atoms with Crippen molar-refractivity contribution < 1.29 is 4.74 Å². The standard InChI is InChI=1S/C52H41BO/c1-32(2)39-26-24-37-25-27-41-47(33(3)4)51-52(42-29-28-40(39)48(37)49(41)42)54-46-23-15-14-22-45(46)53(51)50-43(35-18-10-6-11-19-35)30-38(34-16-8-5-9-17-34)31-44(50)36-20-12-7-13-21-36/h5-33H,1-4H3. The Bertz CT molecular complexity index is 2780. The summed E-state index contributed by atoms with van der Waals surface area (Å²) in [6, 6.07) is 60.5. The second-order valence-electron chi connectivity index (χ2n) is 15.5. The first-order valence-corrected chi connectivity index (χ1v) is 19.4. The van der Waals surface area contributed by atoms with Crippen molar-refractivity contribution in [1.82, 2.24) is 0 Å². The maximum atomic E-state index is 7.24. The van der Waals surface area contributed by atoms with E-state index in [4.69, 9.17) is 4.74 Å². The van der Waals surface area contributed by atoms with Gasteiger partial charge in [0.15, 0.2) is 0 Å². The lowest BCUT2D eigenvalue weighted by Crippen LogP contribution is -2.57. The fourth-order valence-electron chi connectivity index (χ4n) is 9.37. The molecule has 0 atom stereocenters. The van der Waals surface area contributed by atoms with Gasteiger partial charge in [0, 0.05) is 10.8 Å². The average Bonchev–Trinajstić information content (AvgIpc) is 3.22. The first kappa shape index (κ1) is 32.5. The second-order valence-corrected chi connectivity index (χ2v) is 15.5. The normalized spacial score (nSPS) is 12.5. The van der Waals surface area contributed by atoms with Crippen LogP contribution in [0.4, 0.5) is 0 Å². The lowest BCUT2D eigenvalue weighted by Gasteiger charge is -2.34. The van der Waals surface area contributed by atoms with Crippen molar-refractivity contribution in [2.75, 3.05) is 0 Å². The zero-order valence-electron chi connectivity index (χ0n) is 31.2. The van der Waals surface area contributed by atoms with Gasteiger partial charge >= 0.3 is 0 Å². The topological polar surface area (TPSA) is 9.23 Å². The molecule has 9 aromatic rings. The van der Waals surface area contributed by atoms with Gasteiger partial charge in [-0.25, -0.2) is 0 Å². The molecule has 54 heavy (non-hydrogen) atoms. The summed E-state index contributed by atoms with van der Waals surface area (Å²) in [5.74, 6) is 2.58. The van der Waals surface area contributed by atoms with E-state index in [-0.39, 0.29) is 12.6 Å². The summed E-state index contributed by atoms with van der Waals surface area (Å²) in [6.45, 7) is 9.23. The minimum atomic E-state index is -0.0919. The van der Waals surface area contributed by atoms with E-state index in [0.29, 0.717) is 5.92 Å². The SMILES string of the molecule is CC(C)c1ccc2ccc3c(C(C)C)c4c(c5ccc1c2c53)Oc1ccccc1B4c1c(-c2ccccc2)cc(-c2ccccc2)cc1-c1ccccc1. The second kappa shape index (κ2) is 12.8. The van der Waals surface area contributed by atoms with Gasteiger partial charge in [0.1, 0.15) is 11.5 Å². The van der Waals surface area contributed by atoms with Crippen LogP contribution in [-0.4, -0.2) is 6.71 Å². The van der Waals surface area contributed by atoms with Gasteiger partial charge in [0.05, 0.1) is 0 Å². The van der Waals surface area contributed by atoms with Crippen molar-refractivity contribution in [2.24, 2.45) is 0 Å². The number of benzene rings is 9. The molecular formula is C52H41BO. The van der Waals surface area contributed by atoms with Crippen LogP contribution in [0.1, 0.15) is 50.7 Å². The lowest BCUT2D eigenvalue weighted by atomic mass is 9.33. The summed E-state index contributed by atoms with van der Waals surface area (Å²) in [5, 5.41) is 7.81. The number of fused-ring (bicyclic) bond motifs is 3. The molecule has 0 aliphatic carbocycles. The van der Waals surface area contributed by atoms with Crippen molar-refractivity contribution in [3.8, 4) is 44.9 Å². The Morgan fingerprint density at radius 2 is 1.00 bits per heavy atom. The molecule has 0 radical (unpaired) electrons. The first-order chi connectivity index (χ1) is 26.5. The third-order valence-corrected chi connectivity index (χ3v) is 11.7. The van der Waals surface area contributed by atoms with Crippen LogP contribution in [-0.2, 0) is 0 Å². The van der Waals surface area contributed by atoms with Gasteiger partial charge in [0.2, 0.25) is 0 Å². The number of rotatable bonds is 6. The molecule has 0 amide bonds. The molecule has 0 saturated heterocycles. The van der Waals surface area contributed by atoms with Crippen LogP contribution in [0.15, 0.2) is 164 Å². The van der Waals surface area contributed by atoms with Gasteiger partial charge < -0.3 is 4.74 Å². The zero-order valence-corrected chi connectivity index (χ0v) is 31.2. The number of hydrogen-bond acceptors (Lipinski definition) is 1. The molecule has 0 spiro atoms. The molecule has 0 bridgehead atoms. The van der Waals surface area contributed by atoms with Gasteiger partial charge in [0.25, 0.3) is 6.71 Å². The van der Waals surface area contributed by atoms with Crippen LogP contribution in [0, 0.1) is 0 Å². The van der Waals surface area contributed by atoms with Gasteiger partial charge in [-0.15, -0.1) is 0 Å². The molecule has 1 heterocycles. The highest BCUT2D eigenvalue weighted by Gasteiger charge is 2.40. The van der Waals surface area contributed by atoms with Crippen molar-refractivity contribution in [3.05, 3.63) is 175 Å². The summed E-state index contributed by atoms with van der Waals surface area (Å²) in [6.07, 6.45) is 0. The maximum absolute atomic E-state index is 7.24. The fourth-order valence-corrected chi connectivity index (χ4v) is 9.37. The number of ether oxygens (including phenoxy) is 1. The Labute approximate surface area is 318 Å². The van der Waals surface area contributed by atoms with Crippen LogP contribution < -0.4 is 21.1 Å². The van der Waals surface area contributed by atoms with E-state index in [1.807, 2.05) is 0 Å². The number of hydrogen-bond donors (Lipinski definition) is 0. The Morgan fingerprint density at radius 1 is 0.444 bits per heavy atom. The van der Waals surface area contributed by atoms with Crippen LogP contribution in [0.2, 0.25) is 0 Å². The molecule has 1 aliphatic heterocycles. The van der Waals surface area contributed by atoms with Crippen molar-refractivity contribution in [3.63, 3.8) is 0 Å². The van der Waals surface area contributed by atoms with Crippen LogP contribution in [0.25, 0.3) is 65.7 Å². The van der Waals surface area contributed by atoms with Gasteiger partial charge in [-0.2, -0.15) is 0 Å². The van der Waals surface area contributed by atoms with Gasteiger partial charge in [-0.1, -0.05) is 173 Å². The van der Waals surface area contributed by atoms with Crippen LogP contribution >= 0.6 is 0 Å². The highest BCUT2D eigenvalue weighted by atomic mass is 16.5. The van der Waals surface area contributed by atoms with E-state index in [0.717, 1.165) is 11.5 Å². The fraction of sp³-hybridized carbons (Fsp3) is 0.115. The Morgan fingerprint density at radius 3 is 1.63 bits per heavy atom. The minimum Gasteiger partial charge on any atom is -0.458 e. The molecular weight excluding hydrogens is 651 g/mol. The molecule has 1 nitrogen and oxygen atoms in total. The predicted octanol–water partition coefficient (Wildman–Crippen LogP) is 12.5. The molecule has 0 fully saturated rings. The molecule has 0 saturated carbocycles. The third-order valence-electron chi connectivity index (χ3n) is 11.7. The molecule has 0 unspecified atom stereocenters. The van der Waals surface area contributed by atoms with E-state index in [1.54, 1.807) is 0 Å². The molecule has 1 aliphatic rings. The highest BCUT2D eigenvalue weighted by molar-refractivity contribution is 6.99. The smallest absolute Gasteiger partial charge is 0.252 e. The van der Waals surface area contributed by atoms with Crippen LogP contribution in [0.5, 0.6) is 11.5 Å². The summed E-state index contributed by atoms with van der Waals surface area (Å²) in [4.78, 5) is 0. The van der Waals surface area contributed by atoms with Gasteiger partial charge in [-0.3, -0.25) is 0 Å². The van der Waals surface area contributed by atoms with E-state index in [1.165, 1.54) is 93.2 Å². The van der Waals surface area contributed by atoms with Crippen molar-refractivity contribution in [1.29, 1.82) is 0 Å². The van der Waals surface area contributed by atoms with Crippen molar-refractivity contribution >= 4 is 55.4 Å². The Hall–Kier alpha value is -6.12. The van der Waals surface area contributed by atoms with E-state index in [2.05, 4.69) is 191 Å². The zero-order chi connectivity index (χ0) is 36.5. The van der Waals surface area contributed by atoms with E-state index < -0.39 is 0 Å². The lowest BCUT2D eigenvalue weighted by molar-refractivity contribution is 0.492. The monoisotopic (exact) mass is 692 g/mol.